The van der Waals surface area contributed by atoms with Crippen LogP contribution in [0.4, 0.5) is 0 Å². The van der Waals surface area contributed by atoms with E-state index in [9.17, 15) is 9.59 Å². The number of aryl methyl sites for hydroxylation is 3. The second-order valence-electron chi connectivity index (χ2n) is 6.29. The highest BCUT2D eigenvalue weighted by Crippen LogP contribution is 2.33. The molecule has 25 heavy (non-hydrogen) atoms. The van der Waals surface area contributed by atoms with Crippen LogP contribution >= 0.6 is 22.7 Å². The van der Waals surface area contributed by atoms with Gasteiger partial charge in [0, 0.05) is 24.4 Å². The first-order valence-electron chi connectivity index (χ1n) is 8.50. The van der Waals surface area contributed by atoms with Gasteiger partial charge in [-0.1, -0.05) is 0 Å². The minimum Gasteiger partial charge on any atom is -0.352 e. The average molecular weight is 374 g/mol. The van der Waals surface area contributed by atoms with Crippen LogP contribution in [0, 0.1) is 0 Å². The van der Waals surface area contributed by atoms with Crippen LogP contribution in [0.3, 0.4) is 0 Å². The molecule has 3 aromatic heterocycles. The van der Waals surface area contributed by atoms with Crippen molar-refractivity contribution in [2.24, 2.45) is 0 Å². The molecule has 0 spiro atoms. The summed E-state index contributed by atoms with van der Waals surface area (Å²) in [4.78, 5) is 31.5. The van der Waals surface area contributed by atoms with Crippen molar-refractivity contribution in [3.63, 3.8) is 0 Å². The SMILES string of the molecule is O=C(CCn1cnc2sc3c(c2c1=O)CCCC3)NCc1ccsc1. The van der Waals surface area contributed by atoms with Gasteiger partial charge >= 0.3 is 0 Å². The Labute approximate surface area is 153 Å². The summed E-state index contributed by atoms with van der Waals surface area (Å²) in [5.74, 6) is -0.0504. The molecule has 1 N–H and O–H groups in total. The number of carbonyl (C=O) groups excluding carboxylic acids is 1. The molecule has 1 aliphatic rings. The van der Waals surface area contributed by atoms with Crippen molar-refractivity contribution >= 4 is 38.8 Å². The number of nitrogens with zero attached hydrogens (tertiary/aromatic N) is 2. The van der Waals surface area contributed by atoms with E-state index in [0.29, 0.717) is 13.1 Å². The molecular weight excluding hydrogens is 354 g/mol. The lowest BCUT2D eigenvalue weighted by Gasteiger charge is -2.10. The molecule has 0 radical (unpaired) electrons. The number of hydrogen-bond acceptors (Lipinski definition) is 5. The van der Waals surface area contributed by atoms with Crippen LogP contribution in [0.15, 0.2) is 27.9 Å². The van der Waals surface area contributed by atoms with Gasteiger partial charge in [-0.15, -0.1) is 11.3 Å². The Bertz CT molecular complexity index is 957. The molecule has 0 aliphatic heterocycles. The van der Waals surface area contributed by atoms with Gasteiger partial charge in [0.1, 0.15) is 4.83 Å². The predicted molar refractivity (Wildman–Crippen MR) is 101 cm³/mol. The monoisotopic (exact) mass is 373 g/mol. The number of amides is 1. The van der Waals surface area contributed by atoms with Gasteiger partial charge in [-0.3, -0.25) is 14.2 Å². The standard InChI is InChI=1S/C18H19N3O2S2/c22-15(19-9-12-6-8-24-10-12)5-7-21-11-20-17-16(18(21)23)13-3-1-2-4-14(13)25-17/h6,8,10-11H,1-5,7,9H2,(H,19,22). The van der Waals surface area contributed by atoms with E-state index in [-0.39, 0.29) is 17.9 Å². The first-order valence-corrected chi connectivity index (χ1v) is 10.3. The highest BCUT2D eigenvalue weighted by molar-refractivity contribution is 7.18. The van der Waals surface area contributed by atoms with Crippen LogP contribution in [0.5, 0.6) is 0 Å². The Kier molecular flexibility index (Phi) is 4.67. The summed E-state index contributed by atoms with van der Waals surface area (Å²) in [5, 5.41) is 7.68. The van der Waals surface area contributed by atoms with Crippen molar-refractivity contribution in [2.45, 2.75) is 45.2 Å². The number of rotatable bonds is 5. The molecule has 4 rings (SSSR count). The van der Waals surface area contributed by atoms with Gasteiger partial charge < -0.3 is 5.32 Å². The first-order chi connectivity index (χ1) is 12.2. The zero-order valence-corrected chi connectivity index (χ0v) is 15.4. The van der Waals surface area contributed by atoms with Gasteiger partial charge in [-0.05, 0) is 53.6 Å². The van der Waals surface area contributed by atoms with Gasteiger partial charge in [-0.25, -0.2) is 4.98 Å². The number of aromatic nitrogens is 2. The molecule has 1 aliphatic carbocycles. The predicted octanol–water partition coefficient (Wildman–Crippen LogP) is 3.10. The zero-order chi connectivity index (χ0) is 17.2. The first kappa shape index (κ1) is 16.5. The summed E-state index contributed by atoms with van der Waals surface area (Å²) in [6.07, 6.45) is 6.22. The quantitative estimate of drug-likeness (QED) is 0.747. The fraction of sp³-hybridized carbons (Fsp3) is 0.389. The number of hydrogen-bond donors (Lipinski definition) is 1. The molecule has 0 saturated heterocycles. The van der Waals surface area contributed by atoms with Gasteiger partial charge in [0.05, 0.1) is 11.7 Å². The van der Waals surface area contributed by atoms with Crippen LogP contribution in [-0.2, 0) is 30.7 Å². The van der Waals surface area contributed by atoms with Gasteiger partial charge in [0.15, 0.2) is 0 Å². The Morgan fingerprint density at radius 3 is 3.04 bits per heavy atom. The Morgan fingerprint density at radius 1 is 1.32 bits per heavy atom. The van der Waals surface area contributed by atoms with Gasteiger partial charge in [-0.2, -0.15) is 11.3 Å². The summed E-state index contributed by atoms with van der Waals surface area (Å²) in [7, 11) is 0. The van der Waals surface area contributed by atoms with Crippen molar-refractivity contribution in [1.82, 2.24) is 14.9 Å². The number of nitrogens with one attached hydrogen (secondary N) is 1. The van der Waals surface area contributed by atoms with Crippen LogP contribution < -0.4 is 10.9 Å². The summed E-state index contributed by atoms with van der Waals surface area (Å²) < 4.78 is 1.58. The molecule has 0 unspecified atom stereocenters. The maximum atomic E-state index is 12.8. The van der Waals surface area contributed by atoms with Crippen LogP contribution in [0.1, 0.15) is 35.3 Å². The fourth-order valence-electron chi connectivity index (χ4n) is 3.24. The molecule has 130 valence electrons. The Hall–Kier alpha value is -1.99. The van der Waals surface area contributed by atoms with Crippen molar-refractivity contribution in [3.8, 4) is 0 Å². The molecule has 0 atom stereocenters. The van der Waals surface area contributed by atoms with Gasteiger partial charge in [0.25, 0.3) is 5.56 Å². The third kappa shape index (κ3) is 3.39. The van der Waals surface area contributed by atoms with E-state index >= 15 is 0 Å². The fourth-order valence-corrected chi connectivity index (χ4v) is 5.13. The molecule has 0 aromatic carbocycles. The molecule has 0 bridgehead atoms. The minimum atomic E-state index is -0.0504. The third-order valence-corrected chi connectivity index (χ3v) is 6.52. The molecule has 3 heterocycles. The highest BCUT2D eigenvalue weighted by atomic mass is 32.1. The molecule has 0 fully saturated rings. The zero-order valence-electron chi connectivity index (χ0n) is 13.8. The highest BCUT2D eigenvalue weighted by Gasteiger charge is 2.20. The van der Waals surface area contributed by atoms with E-state index in [1.165, 1.54) is 16.9 Å². The van der Waals surface area contributed by atoms with Crippen molar-refractivity contribution in [3.05, 3.63) is 49.5 Å². The Morgan fingerprint density at radius 2 is 2.20 bits per heavy atom. The maximum Gasteiger partial charge on any atom is 0.262 e. The normalized spacial score (nSPS) is 13.8. The summed E-state index contributed by atoms with van der Waals surface area (Å²) in [6.45, 7) is 0.897. The lowest BCUT2D eigenvalue weighted by molar-refractivity contribution is -0.121. The van der Waals surface area contributed by atoms with E-state index in [4.69, 9.17) is 0 Å². The number of fused-ring (bicyclic) bond motifs is 3. The lowest BCUT2D eigenvalue weighted by atomic mass is 9.97. The van der Waals surface area contributed by atoms with Crippen LogP contribution in [0.2, 0.25) is 0 Å². The van der Waals surface area contributed by atoms with E-state index in [1.807, 2.05) is 16.8 Å². The smallest absolute Gasteiger partial charge is 0.262 e. The second kappa shape index (κ2) is 7.09. The molecule has 3 aromatic rings. The lowest BCUT2D eigenvalue weighted by Crippen LogP contribution is -2.27. The summed E-state index contributed by atoms with van der Waals surface area (Å²) in [6, 6.07) is 1.99. The Balaban J connectivity index is 1.47. The van der Waals surface area contributed by atoms with E-state index in [0.717, 1.165) is 35.0 Å². The van der Waals surface area contributed by atoms with Gasteiger partial charge in [0.2, 0.25) is 5.91 Å². The molecular formula is C18H19N3O2S2. The van der Waals surface area contributed by atoms with E-state index in [1.54, 1.807) is 33.6 Å². The van der Waals surface area contributed by atoms with Crippen molar-refractivity contribution in [2.75, 3.05) is 0 Å². The van der Waals surface area contributed by atoms with E-state index in [2.05, 4.69) is 10.3 Å². The van der Waals surface area contributed by atoms with E-state index < -0.39 is 0 Å². The topological polar surface area (TPSA) is 64.0 Å². The maximum absolute atomic E-state index is 12.8. The number of thiophene rings is 2. The van der Waals surface area contributed by atoms with Crippen molar-refractivity contribution in [1.29, 1.82) is 0 Å². The van der Waals surface area contributed by atoms with Crippen LogP contribution in [-0.4, -0.2) is 15.5 Å². The minimum absolute atomic E-state index is 0.00460. The molecule has 7 heteroatoms. The van der Waals surface area contributed by atoms with Crippen LogP contribution in [0.25, 0.3) is 10.2 Å². The molecule has 5 nitrogen and oxygen atoms in total. The summed E-state index contributed by atoms with van der Waals surface area (Å²) in [5.41, 5.74) is 2.29. The largest absolute Gasteiger partial charge is 0.352 e. The van der Waals surface area contributed by atoms with Crippen molar-refractivity contribution < 1.29 is 4.79 Å². The average Bonchev–Trinajstić information content (AvgIpc) is 3.26. The number of carbonyl (C=O) groups is 1. The molecule has 1 amide bonds. The second-order valence-corrected chi connectivity index (χ2v) is 8.16. The third-order valence-electron chi connectivity index (χ3n) is 4.59. The molecule has 0 saturated carbocycles. The summed E-state index contributed by atoms with van der Waals surface area (Å²) >= 11 is 3.26.